The molecule has 186 valence electrons. The van der Waals surface area contributed by atoms with Crippen LogP contribution >= 0.6 is 0 Å². The highest BCUT2D eigenvalue weighted by Gasteiger charge is 2.50. The Morgan fingerprint density at radius 2 is 1.80 bits per heavy atom. The summed E-state index contributed by atoms with van der Waals surface area (Å²) < 4.78 is 38.0. The van der Waals surface area contributed by atoms with Gasteiger partial charge in [0.1, 0.15) is 0 Å². The van der Waals surface area contributed by atoms with Gasteiger partial charge in [-0.1, -0.05) is 30.3 Å². The van der Waals surface area contributed by atoms with Crippen LogP contribution in [0, 0.1) is 5.53 Å². The highest BCUT2D eigenvalue weighted by Crippen LogP contribution is 2.46. The van der Waals surface area contributed by atoms with Crippen LogP contribution < -0.4 is 15.5 Å². The molecular formula is C23H27F3N8O. The van der Waals surface area contributed by atoms with Crippen LogP contribution in [-0.4, -0.2) is 53.3 Å². The molecule has 1 aromatic heterocycles. The van der Waals surface area contributed by atoms with Crippen molar-refractivity contribution in [2.24, 2.45) is 5.11 Å². The molecule has 4 rings (SSSR count). The fourth-order valence-corrected chi connectivity index (χ4v) is 4.93. The summed E-state index contributed by atoms with van der Waals surface area (Å²) in [5.41, 5.74) is 6.47. The van der Waals surface area contributed by atoms with Gasteiger partial charge in [-0.3, -0.25) is 9.80 Å². The topological polar surface area (TPSA) is 110 Å². The predicted octanol–water partition coefficient (Wildman–Crippen LogP) is 4.62. The summed E-state index contributed by atoms with van der Waals surface area (Å²) in [6, 6.07) is 10.1. The Labute approximate surface area is 200 Å². The van der Waals surface area contributed by atoms with Crippen LogP contribution in [-0.2, 0) is 5.54 Å². The van der Waals surface area contributed by atoms with Crippen LogP contribution in [0.2, 0.25) is 0 Å². The second-order valence-electron chi connectivity index (χ2n) is 9.14. The van der Waals surface area contributed by atoms with Crippen LogP contribution in [0.4, 0.5) is 29.6 Å². The molecule has 2 aliphatic rings. The van der Waals surface area contributed by atoms with Gasteiger partial charge in [-0.2, -0.15) is 18.3 Å². The van der Waals surface area contributed by atoms with Crippen molar-refractivity contribution in [3.05, 3.63) is 60.2 Å². The van der Waals surface area contributed by atoms with E-state index in [9.17, 15) is 18.0 Å². The molecule has 0 atom stereocenters. The first kappa shape index (κ1) is 24.6. The first-order valence-corrected chi connectivity index (χ1v) is 11.1. The van der Waals surface area contributed by atoms with Crippen molar-refractivity contribution in [3.8, 4) is 0 Å². The van der Waals surface area contributed by atoms with Gasteiger partial charge < -0.3 is 10.6 Å². The monoisotopic (exact) mass is 488 g/mol. The molecule has 1 aliphatic heterocycles. The Kier molecular flexibility index (Phi) is 6.50. The number of alkyl halides is 3. The van der Waals surface area contributed by atoms with Gasteiger partial charge in [0.25, 0.3) is 0 Å². The summed E-state index contributed by atoms with van der Waals surface area (Å²) >= 11 is 0. The number of halogens is 3. The van der Waals surface area contributed by atoms with Crippen LogP contribution in [0.15, 0.2) is 59.7 Å². The highest BCUT2D eigenvalue weighted by molar-refractivity contribution is 5.95. The third-order valence-corrected chi connectivity index (χ3v) is 6.98. The zero-order valence-corrected chi connectivity index (χ0v) is 19.4. The first-order chi connectivity index (χ1) is 16.6. The van der Waals surface area contributed by atoms with Crippen molar-refractivity contribution in [1.29, 1.82) is 5.53 Å². The van der Waals surface area contributed by atoms with Crippen LogP contribution in [0.3, 0.4) is 0 Å². The van der Waals surface area contributed by atoms with E-state index >= 15 is 0 Å². The summed E-state index contributed by atoms with van der Waals surface area (Å²) in [7, 11) is 4.17. The standard InChI is InChI=1S/C23H27F3N8O/c1-33(2)22(16-6-4-3-5-7-16)10-8-21(9-11-22)15-34(20(35)31-21)17-12-28-19(29-13-17)30-14-18(32-27)23(24,25)26/h3-7,12-14,27H,8-11,15H2,1-2H3,(H,31,35)(H,28,29,30)/b18-14-,32-27?/t21-,22+. The van der Waals surface area contributed by atoms with Gasteiger partial charge in [-0.15, -0.1) is 0 Å². The highest BCUT2D eigenvalue weighted by atomic mass is 19.4. The van der Waals surface area contributed by atoms with Gasteiger partial charge in [0.2, 0.25) is 5.95 Å². The van der Waals surface area contributed by atoms with Gasteiger partial charge in [0.15, 0.2) is 5.70 Å². The molecule has 3 N–H and O–H groups in total. The Hall–Kier alpha value is -3.54. The van der Waals surface area contributed by atoms with Crippen molar-refractivity contribution in [2.45, 2.75) is 42.9 Å². The smallest absolute Gasteiger partial charge is 0.330 e. The van der Waals surface area contributed by atoms with E-state index < -0.39 is 11.9 Å². The molecule has 2 amide bonds. The number of carbonyl (C=O) groups excluding carboxylic acids is 1. The Morgan fingerprint density at radius 3 is 2.34 bits per heavy atom. The summed E-state index contributed by atoms with van der Waals surface area (Å²) in [5, 5.41) is 7.89. The average Bonchev–Trinajstić information content (AvgIpc) is 3.15. The number of carbonyl (C=O) groups is 1. The van der Waals surface area contributed by atoms with Crippen molar-refractivity contribution < 1.29 is 18.0 Å². The van der Waals surface area contributed by atoms with Gasteiger partial charge >= 0.3 is 12.2 Å². The van der Waals surface area contributed by atoms with E-state index in [2.05, 4.69) is 56.8 Å². The van der Waals surface area contributed by atoms with E-state index in [0.29, 0.717) is 18.4 Å². The van der Waals surface area contributed by atoms with E-state index in [1.807, 2.05) is 18.2 Å². The minimum absolute atomic E-state index is 0.102. The van der Waals surface area contributed by atoms with E-state index in [4.69, 9.17) is 5.53 Å². The van der Waals surface area contributed by atoms with Crippen molar-refractivity contribution in [1.82, 2.24) is 20.2 Å². The lowest BCUT2D eigenvalue weighted by Gasteiger charge is -2.48. The number of hydrogen-bond acceptors (Lipinski definition) is 7. The molecule has 35 heavy (non-hydrogen) atoms. The molecule has 1 aromatic carbocycles. The number of allylic oxidation sites excluding steroid dienone is 1. The molecule has 12 heteroatoms. The SMILES string of the molecule is CN(C)[C@]1(c2ccccc2)CC[C@]2(CC1)CN(c1cnc(N/C=C(\N=N)C(F)(F)F)nc1)C(=O)N2. The number of rotatable bonds is 6. The van der Waals surface area contributed by atoms with Crippen molar-refractivity contribution in [2.75, 3.05) is 30.9 Å². The summed E-state index contributed by atoms with van der Waals surface area (Å²) in [6.45, 7) is 0.454. The fourth-order valence-electron chi connectivity index (χ4n) is 4.93. The quantitative estimate of drug-likeness (QED) is 0.514. The van der Waals surface area contributed by atoms with E-state index in [1.165, 1.54) is 18.0 Å². The number of aromatic nitrogens is 2. The van der Waals surface area contributed by atoms with Crippen LogP contribution in [0.5, 0.6) is 0 Å². The molecule has 1 saturated heterocycles. The number of amides is 2. The maximum absolute atomic E-state index is 12.8. The molecule has 9 nitrogen and oxygen atoms in total. The normalized spacial score (nSPS) is 25.1. The van der Waals surface area contributed by atoms with E-state index in [1.54, 1.807) is 4.90 Å². The summed E-state index contributed by atoms with van der Waals surface area (Å²) in [6.07, 6.45) is 1.87. The van der Waals surface area contributed by atoms with Crippen LogP contribution in [0.25, 0.3) is 0 Å². The van der Waals surface area contributed by atoms with Gasteiger partial charge in [-0.25, -0.2) is 20.3 Å². The van der Waals surface area contributed by atoms with Crippen molar-refractivity contribution >= 4 is 17.7 Å². The molecule has 1 aliphatic carbocycles. The lowest BCUT2D eigenvalue weighted by atomic mass is 9.69. The molecule has 2 aromatic rings. The Bertz CT molecular complexity index is 1090. The van der Waals surface area contributed by atoms with E-state index in [0.717, 1.165) is 25.7 Å². The zero-order chi connectivity index (χ0) is 25.3. The largest absolute Gasteiger partial charge is 0.436 e. The summed E-state index contributed by atoms with van der Waals surface area (Å²) in [5.74, 6) is -0.107. The van der Waals surface area contributed by atoms with Crippen LogP contribution in [0.1, 0.15) is 31.2 Å². The van der Waals surface area contributed by atoms with Gasteiger partial charge in [0, 0.05) is 11.7 Å². The lowest BCUT2D eigenvalue weighted by molar-refractivity contribution is -0.0933. The van der Waals surface area contributed by atoms with Crippen molar-refractivity contribution in [3.63, 3.8) is 0 Å². The zero-order valence-electron chi connectivity index (χ0n) is 19.4. The lowest BCUT2D eigenvalue weighted by Crippen LogP contribution is -2.54. The number of urea groups is 1. The number of nitrogens with zero attached hydrogens (tertiary/aromatic N) is 5. The molecule has 0 bridgehead atoms. The molecule has 2 fully saturated rings. The molecular weight excluding hydrogens is 461 g/mol. The number of nitrogens with one attached hydrogen (secondary N) is 3. The number of anilines is 2. The molecule has 1 saturated carbocycles. The maximum Gasteiger partial charge on any atom is 0.436 e. The fraction of sp³-hybridized carbons (Fsp3) is 0.435. The Morgan fingerprint density at radius 1 is 1.17 bits per heavy atom. The first-order valence-electron chi connectivity index (χ1n) is 11.1. The third kappa shape index (κ3) is 4.83. The molecule has 2 heterocycles. The second-order valence-corrected chi connectivity index (χ2v) is 9.14. The molecule has 1 spiro atoms. The van der Waals surface area contributed by atoms with E-state index in [-0.39, 0.29) is 23.1 Å². The summed E-state index contributed by atoms with van der Waals surface area (Å²) in [4.78, 5) is 24.6. The second kappa shape index (κ2) is 9.25. The third-order valence-electron chi connectivity index (χ3n) is 6.98. The minimum Gasteiger partial charge on any atom is -0.330 e. The molecule has 0 radical (unpaired) electrons. The number of benzene rings is 1. The van der Waals surface area contributed by atoms with Gasteiger partial charge in [-0.05, 0) is 45.3 Å². The maximum atomic E-state index is 12.8. The molecule has 0 unspecified atom stereocenters. The Balaban J connectivity index is 1.45. The predicted molar refractivity (Wildman–Crippen MR) is 124 cm³/mol. The average molecular weight is 489 g/mol. The van der Waals surface area contributed by atoms with Gasteiger partial charge in [0.05, 0.1) is 30.2 Å². The number of hydrogen-bond donors (Lipinski definition) is 3. The minimum atomic E-state index is -4.76.